The molecule has 2 heterocycles. The van der Waals surface area contributed by atoms with Gasteiger partial charge in [0.15, 0.2) is 0 Å². The van der Waals surface area contributed by atoms with E-state index in [-0.39, 0.29) is 17.6 Å². The molecular weight excluding hydrogens is 478 g/mol. The summed E-state index contributed by atoms with van der Waals surface area (Å²) in [4.78, 5) is 31.5. The second-order valence-electron chi connectivity index (χ2n) is 9.29. The van der Waals surface area contributed by atoms with E-state index in [0.29, 0.717) is 37.5 Å². The van der Waals surface area contributed by atoms with Crippen molar-refractivity contribution in [2.24, 2.45) is 0 Å². The van der Waals surface area contributed by atoms with Crippen LogP contribution in [-0.4, -0.2) is 48.1 Å². The third-order valence-corrected chi connectivity index (χ3v) is 6.67. The molecule has 2 N–H and O–H groups in total. The lowest BCUT2D eigenvalue weighted by atomic mass is 10.0. The second-order valence-corrected chi connectivity index (χ2v) is 9.29. The van der Waals surface area contributed by atoms with E-state index in [9.17, 15) is 9.59 Å². The van der Waals surface area contributed by atoms with Crippen LogP contribution in [-0.2, 0) is 12.8 Å². The van der Waals surface area contributed by atoms with Crippen LogP contribution in [0.25, 0.3) is 11.1 Å². The molecule has 3 aromatic carbocycles. The third kappa shape index (κ3) is 6.26. The fourth-order valence-corrected chi connectivity index (χ4v) is 4.66. The van der Waals surface area contributed by atoms with Gasteiger partial charge in [-0.3, -0.25) is 9.59 Å². The van der Waals surface area contributed by atoms with Gasteiger partial charge in [0.1, 0.15) is 0 Å². The van der Waals surface area contributed by atoms with Crippen LogP contribution in [0, 0.1) is 0 Å². The van der Waals surface area contributed by atoms with Crippen LogP contribution >= 0.6 is 0 Å². The predicted octanol–water partition coefficient (Wildman–Crippen LogP) is 4.28. The summed E-state index contributed by atoms with van der Waals surface area (Å²) in [5.74, 6) is -0.252. The summed E-state index contributed by atoms with van der Waals surface area (Å²) in [6.07, 6.45) is 3.73. The minimum Gasteiger partial charge on any atom is -0.370 e. The average molecular weight is 510 g/mol. The molecule has 1 aromatic heterocycles. The largest absolute Gasteiger partial charge is 0.370 e. The summed E-state index contributed by atoms with van der Waals surface area (Å²) < 4.78 is 5.21. The number of benzene rings is 3. The number of anilines is 1. The monoisotopic (exact) mass is 509 g/mol. The molecule has 194 valence electrons. The molecule has 0 atom stereocenters. The number of rotatable bonds is 9. The maximum Gasteiger partial charge on any atom is 0.292 e. The lowest BCUT2D eigenvalue weighted by molar-refractivity contribution is 0.0937. The van der Waals surface area contributed by atoms with E-state index < -0.39 is 0 Å². The Morgan fingerprint density at radius 1 is 0.816 bits per heavy atom. The molecule has 0 fully saturated rings. The van der Waals surface area contributed by atoms with Gasteiger partial charge in [-0.1, -0.05) is 65.8 Å². The zero-order valence-electron chi connectivity index (χ0n) is 21.2. The summed E-state index contributed by atoms with van der Waals surface area (Å²) in [6, 6.07) is 25.9. The Kier molecular flexibility index (Phi) is 8.08. The number of nitrogens with zero attached hydrogens (tertiary/aromatic N) is 3. The average Bonchev–Trinajstić information content (AvgIpc) is 3.34. The van der Waals surface area contributed by atoms with Gasteiger partial charge < -0.3 is 20.1 Å². The molecule has 1 aliphatic heterocycles. The molecule has 2 amide bonds. The lowest BCUT2D eigenvalue weighted by Gasteiger charge is -2.24. The minimum atomic E-state index is -0.370. The van der Waals surface area contributed by atoms with Gasteiger partial charge in [-0.25, -0.2) is 0 Å². The quantitative estimate of drug-likeness (QED) is 0.349. The number of hydrogen-bond donors (Lipinski definition) is 2. The molecule has 0 radical (unpaired) electrons. The number of carbonyl (C=O) groups is 2. The third-order valence-electron chi connectivity index (χ3n) is 6.67. The van der Waals surface area contributed by atoms with E-state index >= 15 is 0 Å². The van der Waals surface area contributed by atoms with E-state index in [1.165, 1.54) is 17.7 Å². The first-order valence-electron chi connectivity index (χ1n) is 13.0. The van der Waals surface area contributed by atoms with E-state index in [1.54, 1.807) is 12.1 Å². The lowest BCUT2D eigenvalue weighted by Crippen LogP contribution is -2.35. The highest BCUT2D eigenvalue weighted by Gasteiger charge is 2.17. The smallest absolute Gasteiger partial charge is 0.292 e. The number of hydrogen-bond acceptors (Lipinski definition) is 6. The number of para-hydroxylation sites is 1. The zero-order chi connectivity index (χ0) is 26.2. The van der Waals surface area contributed by atoms with Gasteiger partial charge in [0.05, 0.1) is 0 Å². The molecule has 0 aliphatic carbocycles. The number of carbonyl (C=O) groups excluding carboxylic acids is 2. The maximum atomic E-state index is 12.5. The summed E-state index contributed by atoms with van der Waals surface area (Å²) in [6.45, 7) is 2.49. The van der Waals surface area contributed by atoms with Crippen molar-refractivity contribution in [2.45, 2.75) is 25.7 Å². The molecule has 0 bridgehead atoms. The van der Waals surface area contributed by atoms with Crippen molar-refractivity contribution in [1.29, 1.82) is 0 Å². The van der Waals surface area contributed by atoms with Crippen LogP contribution in [0.4, 0.5) is 5.69 Å². The molecular formula is C30H31N5O3. The van der Waals surface area contributed by atoms with E-state index in [2.05, 4.69) is 49.9 Å². The molecule has 1 aliphatic rings. The Bertz CT molecular complexity index is 1370. The molecule has 8 heteroatoms. The molecule has 0 unspecified atom stereocenters. The molecule has 4 aromatic rings. The van der Waals surface area contributed by atoms with E-state index in [0.717, 1.165) is 30.5 Å². The van der Waals surface area contributed by atoms with Crippen molar-refractivity contribution in [3.8, 4) is 11.1 Å². The van der Waals surface area contributed by atoms with Gasteiger partial charge in [-0.2, -0.15) is 4.98 Å². The number of aromatic nitrogens is 2. The van der Waals surface area contributed by atoms with Crippen LogP contribution in [0.3, 0.4) is 0 Å². The number of nitrogens with one attached hydrogen (secondary N) is 2. The van der Waals surface area contributed by atoms with Gasteiger partial charge in [0.2, 0.25) is 5.89 Å². The van der Waals surface area contributed by atoms with Crippen LogP contribution in [0.5, 0.6) is 0 Å². The molecule has 8 nitrogen and oxygen atoms in total. The fourth-order valence-electron chi connectivity index (χ4n) is 4.66. The minimum absolute atomic E-state index is 0.000839. The van der Waals surface area contributed by atoms with Crippen molar-refractivity contribution in [1.82, 2.24) is 20.8 Å². The zero-order valence-corrected chi connectivity index (χ0v) is 21.2. The van der Waals surface area contributed by atoms with Gasteiger partial charge in [0.25, 0.3) is 17.6 Å². The Labute approximate surface area is 222 Å². The van der Waals surface area contributed by atoms with Crippen molar-refractivity contribution in [3.63, 3.8) is 0 Å². The van der Waals surface area contributed by atoms with Gasteiger partial charge in [-0.15, -0.1) is 0 Å². The highest BCUT2D eigenvalue weighted by atomic mass is 16.5. The van der Waals surface area contributed by atoms with Crippen molar-refractivity contribution >= 4 is 17.5 Å². The second kappa shape index (κ2) is 12.2. The fraction of sp³-hybridized carbons (Fsp3) is 0.267. The first-order chi connectivity index (χ1) is 18.7. The van der Waals surface area contributed by atoms with E-state index in [1.807, 2.05) is 42.5 Å². The number of amides is 2. The van der Waals surface area contributed by atoms with Crippen molar-refractivity contribution < 1.29 is 14.1 Å². The van der Waals surface area contributed by atoms with Crippen molar-refractivity contribution in [3.05, 3.63) is 102 Å². The summed E-state index contributed by atoms with van der Waals surface area (Å²) >= 11 is 0. The van der Waals surface area contributed by atoms with Crippen LogP contribution in [0.1, 0.15) is 45.3 Å². The molecule has 5 rings (SSSR count). The summed E-state index contributed by atoms with van der Waals surface area (Å²) in [5.41, 5.74) is 5.33. The van der Waals surface area contributed by atoms with Gasteiger partial charge in [-0.05, 0) is 54.2 Å². The highest BCUT2D eigenvalue weighted by Crippen LogP contribution is 2.25. The Balaban J connectivity index is 1.06. The first kappa shape index (κ1) is 25.2. The number of aryl methyl sites for hydroxylation is 1. The summed E-state index contributed by atoms with van der Waals surface area (Å²) in [5, 5.41) is 9.55. The molecule has 0 saturated carbocycles. The van der Waals surface area contributed by atoms with Crippen LogP contribution in [0.15, 0.2) is 83.4 Å². The topological polar surface area (TPSA) is 100 Å². The van der Waals surface area contributed by atoms with Crippen LogP contribution < -0.4 is 15.5 Å². The van der Waals surface area contributed by atoms with E-state index in [4.69, 9.17) is 4.52 Å². The Morgan fingerprint density at radius 3 is 2.39 bits per heavy atom. The normalized spacial score (nSPS) is 12.9. The predicted molar refractivity (Wildman–Crippen MR) is 146 cm³/mol. The SMILES string of the molecule is O=C(NCCc1nc(C(=O)NCCN2CCCCc3ccccc32)no1)c1ccc(-c2ccccc2)cc1. The summed E-state index contributed by atoms with van der Waals surface area (Å²) in [7, 11) is 0. The standard InChI is InChI=1S/C30H31N5O3/c36-29(25-15-13-23(14-16-25)22-8-2-1-3-9-22)31-18-17-27-33-28(34-38-27)30(37)32-19-21-35-20-7-6-11-24-10-4-5-12-26(24)35/h1-5,8-10,12-16H,6-7,11,17-21H2,(H,31,36)(H,32,37). The van der Waals surface area contributed by atoms with Gasteiger partial charge >= 0.3 is 0 Å². The first-order valence-corrected chi connectivity index (χ1v) is 13.0. The molecule has 0 saturated heterocycles. The van der Waals surface area contributed by atoms with Crippen LogP contribution in [0.2, 0.25) is 0 Å². The Morgan fingerprint density at radius 2 is 1.55 bits per heavy atom. The van der Waals surface area contributed by atoms with Crippen molar-refractivity contribution in [2.75, 3.05) is 31.1 Å². The number of fused-ring (bicyclic) bond motifs is 1. The molecule has 0 spiro atoms. The Hall–Kier alpha value is -4.46. The maximum absolute atomic E-state index is 12.5. The molecule has 38 heavy (non-hydrogen) atoms. The van der Waals surface area contributed by atoms with Gasteiger partial charge in [0, 0.05) is 43.9 Å². The highest BCUT2D eigenvalue weighted by molar-refractivity contribution is 5.94.